The van der Waals surface area contributed by atoms with Gasteiger partial charge in [0.2, 0.25) is 10.4 Å². The van der Waals surface area contributed by atoms with Gasteiger partial charge < -0.3 is 4.55 Å². The van der Waals surface area contributed by atoms with Crippen LogP contribution in [0.1, 0.15) is 5.56 Å². The first-order valence-corrected chi connectivity index (χ1v) is 5.56. The van der Waals surface area contributed by atoms with Gasteiger partial charge in [0.25, 0.3) is 5.69 Å². The van der Waals surface area contributed by atoms with Crippen molar-refractivity contribution < 1.29 is 22.1 Å². The zero-order valence-electron chi connectivity index (χ0n) is 8.03. The number of benzene rings is 1. The van der Waals surface area contributed by atoms with E-state index in [0.717, 1.165) is 0 Å². The van der Waals surface area contributed by atoms with E-state index in [-0.39, 0.29) is 12.1 Å². The van der Waals surface area contributed by atoms with Crippen LogP contribution in [0.15, 0.2) is 24.3 Å². The minimum absolute atomic E-state index is 0.0153. The molecular weight excluding hydrogens is 238 g/mol. The first kappa shape index (κ1) is 12.6. The summed E-state index contributed by atoms with van der Waals surface area (Å²) in [5.41, 5.74) is 0.186. The van der Waals surface area contributed by atoms with Gasteiger partial charge in [-0.3, -0.25) is 14.3 Å². The topological polar surface area (TPSA) is 110 Å². The predicted molar refractivity (Wildman–Crippen MR) is 52.4 cm³/mol. The second-order valence-electron chi connectivity index (χ2n) is 2.87. The number of rotatable bonds is 5. The average Bonchev–Trinajstić information content (AvgIpc) is 2.16. The Hall–Kier alpha value is -1.51. The fourth-order valence-corrected chi connectivity index (χ4v) is 1.44. The molecule has 0 fully saturated rings. The molecule has 0 radical (unpaired) electrons. The van der Waals surface area contributed by atoms with Crippen LogP contribution in [0, 0.1) is 10.1 Å². The Labute approximate surface area is 91.8 Å². The molecule has 0 bridgehead atoms. The normalized spacial score (nSPS) is 11.3. The van der Waals surface area contributed by atoms with E-state index in [4.69, 9.17) is 0 Å². The van der Waals surface area contributed by atoms with Crippen LogP contribution >= 0.6 is 0 Å². The molecule has 0 aliphatic heterocycles. The zero-order chi connectivity index (χ0) is 12.2. The van der Waals surface area contributed by atoms with E-state index in [2.05, 4.69) is 4.18 Å². The molecule has 0 aliphatic carbocycles. The van der Waals surface area contributed by atoms with Gasteiger partial charge in [-0.2, -0.15) is 0 Å². The van der Waals surface area contributed by atoms with Crippen LogP contribution in [0.3, 0.4) is 0 Å². The monoisotopic (exact) mass is 246 g/mol. The fourth-order valence-electron chi connectivity index (χ4n) is 1.15. The van der Waals surface area contributed by atoms with Gasteiger partial charge >= 0.3 is 0 Å². The maximum Gasteiger partial charge on any atom is 0.272 e. The number of nitrogens with zero attached hydrogens (tertiary/aromatic N) is 1. The number of hydrogen-bond acceptors (Lipinski definition) is 6. The second-order valence-corrected chi connectivity index (χ2v) is 3.92. The van der Waals surface area contributed by atoms with Crippen molar-refractivity contribution in [3.8, 4) is 0 Å². The molecular formula is C8H8NO6S-. The summed E-state index contributed by atoms with van der Waals surface area (Å²) in [6, 6.07) is 5.83. The van der Waals surface area contributed by atoms with Gasteiger partial charge in [0.15, 0.2) is 0 Å². The number of nitro groups is 1. The molecule has 0 unspecified atom stereocenters. The fraction of sp³-hybridized carbons (Fsp3) is 0.250. The standard InChI is InChI=1S/C8H9NO6S/c10-9(11)8-4-2-1-3-7(8)5-6-15-16(12,13)14/h1-4H,5-6H2,(H,12,13,14)/p-1. The van der Waals surface area contributed by atoms with Gasteiger partial charge in [0.1, 0.15) is 0 Å². The summed E-state index contributed by atoms with van der Waals surface area (Å²) in [5, 5.41) is 10.6. The van der Waals surface area contributed by atoms with Crippen LogP contribution in [0.4, 0.5) is 5.69 Å². The molecule has 1 aromatic carbocycles. The maximum absolute atomic E-state index is 10.6. The number of para-hydroxylation sites is 1. The largest absolute Gasteiger partial charge is 0.726 e. The average molecular weight is 246 g/mol. The lowest BCUT2D eigenvalue weighted by Crippen LogP contribution is -2.08. The molecule has 0 aliphatic rings. The first-order chi connectivity index (χ1) is 7.40. The molecule has 7 nitrogen and oxygen atoms in total. The van der Waals surface area contributed by atoms with Crippen molar-refractivity contribution in [2.24, 2.45) is 0 Å². The predicted octanol–water partition coefficient (Wildman–Crippen LogP) is 0.614. The molecule has 0 saturated heterocycles. The Balaban J connectivity index is 2.71. The Bertz CT molecular complexity index is 483. The van der Waals surface area contributed by atoms with Crippen LogP contribution < -0.4 is 0 Å². The quantitative estimate of drug-likeness (QED) is 0.326. The Morgan fingerprint density at radius 2 is 1.94 bits per heavy atom. The Morgan fingerprint density at radius 3 is 2.50 bits per heavy atom. The van der Waals surface area contributed by atoms with Crippen molar-refractivity contribution in [3.05, 3.63) is 39.9 Å². The molecule has 0 aromatic heterocycles. The van der Waals surface area contributed by atoms with Crippen LogP contribution in [0.2, 0.25) is 0 Å². The summed E-state index contributed by atoms with van der Waals surface area (Å²) < 4.78 is 34.3. The highest BCUT2D eigenvalue weighted by Crippen LogP contribution is 2.18. The maximum atomic E-state index is 10.6. The number of nitro benzene ring substituents is 1. The van der Waals surface area contributed by atoms with Crippen LogP contribution in [-0.2, 0) is 21.0 Å². The first-order valence-electron chi connectivity index (χ1n) is 4.23. The molecule has 16 heavy (non-hydrogen) atoms. The van der Waals surface area contributed by atoms with E-state index in [0.29, 0.717) is 5.56 Å². The highest BCUT2D eigenvalue weighted by Gasteiger charge is 2.11. The summed E-state index contributed by atoms with van der Waals surface area (Å²) >= 11 is 0. The van der Waals surface area contributed by atoms with E-state index in [1.807, 2.05) is 0 Å². The summed E-state index contributed by atoms with van der Waals surface area (Å²) in [5.74, 6) is 0. The third-order valence-electron chi connectivity index (χ3n) is 1.79. The van der Waals surface area contributed by atoms with Crippen molar-refractivity contribution in [2.75, 3.05) is 6.61 Å². The third-order valence-corrected chi connectivity index (χ3v) is 2.24. The van der Waals surface area contributed by atoms with E-state index in [9.17, 15) is 23.1 Å². The van der Waals surface area contributed by atoms with Gasteiger partial charge in [-0.05, 0) is 0 Å². The summed E-state index contributed by atoms with van der Waals surface area (Å²) in [6.07, 6.45) is -0.0153. The van der Waals surface area contributed by atoms with Crippen molar-refractivity contribution in [2.45, 2.75) is 6.42 Å². The Kier molecular flexibility index (Phi) is 3.93. The minimum atomic E-state index is -4.75. The molecule has 0 amide bonds. The molecule has 8 heteroatoms. The highest BCUT2D eigenvalue weighted by atomic mass is 32.3. The molecule has 0 spiro atoms. The number of hydrogen-bond donors (Lipinski definition) is 0. The van der Waals surface area contributed by atoms with Crippen molar-refractivity contribution in [1.82, 2.24) is 0 Å². The molecule has 0 N–H and O–H groups in total. The second kappa shape index (κ2) is 5.01. The van der Waals surface area contributed by atoms with E-state index >= 15 is 0 Å². The van der Waals surface area contributed by atoms with Crippen LogP contribution in [-0.4, -0.2) is 24.5 Å². The lowest BCUT2D eigenvalue weighted by molar-refractivity contribution is -0.385. The SMILES string of the molecule is O=[N+]([O-])c1ccccc1CCOS(=O)(=O)[O-]. The molecule has 0 heterocycles. The summed E-state index contributed by atoms with van der Waals surface area (Å²) in [4.78, 5) is 9.98. The van der Waals surface area contributed by atoms with Crippen molar-refractivity contribution in [3.63, 3.8) is 0 Å². The molecule has 1 rings (SSSR count). The van der Waals surface area contributed by atoms with Gasteiger partial charge in [-0.15, -0.1) is 0 Å². The van der Waals surface area contributed by atoms with Gasteiger partial charge in [0.05, 0.1) is 11.5 Å². The van der Waals surface area contributed by atoms with Gasteiger partial charge in [-0.1, -0.05) is 18.2 Å². The van der Waals surface area contributed by atoms with E-state index in [1.165, 1.54) is 18.2 Å². The van der Waals surface area contributed by atoms with Gasteiger partial charge in [0, 0.05) is 18.1 Å². The lowest BCUT2D eigenvalue weighted by Gasteiger charge is -2.07. The summed E-state index contributed by atoms with van der Waals surface area (Å²) in [7, 11) is -4.75. The minimum Gasteiger partial charge on any atom is -0.726 e. The Morgan fingerprint density at radius 1 is 1.31 bits per heavy atom. The highest BCUT2D eigenvalue weighted by molar-refractivity contribution is 7.80. The molecule has 1 aromatic rings. The zero-order valence-corrected chi connectivity index (χ0v) is 8.85. The van der Waals surface area contributed by atoms with Crippen LogP contribution in [0.25, 0.3) is 0 Å². The summed E-state index contributed by atoms with van der Waals surface area (Å²) in [6.45, 7) is -0.406. The molecule has 0 saturated carbocycles. The lowest BCUT2D eigenvalue weighted by atomic mass is 10.1. The van der Waals surface area contributed by atoms with E-state index < -0.39 is 21.9 Å². The third kappa shape index (κ3) is 3.93. The van der Waals surface area contributed by atoms with Crippen molar-refractivity contribution in [1.29, 1.82) is 0 Å². The molecule has 0 atom stereocenters. The molecule has 88 valence electrons. The van der Waals surface area contributed by atoms with Crippen molar-refractivity contribution >= 4 is 16.1 Å². The smallest absolute Gasteiger partial charge is 0.272 e. The van der Waals surface area contributed by atoms with Crippen LogP contribution in [0.5, 0.6) is 0 Å². The van der Waals surface area contributed by atoms with Gasteiger partial charge in [-0.25, -0.2) is 8.42 Å². The van der Waals surface area contributed by atoms with E-state index in [1.54, 1.807) is 6.07 Å².